The molecule has 0 aliphatic carbocycles. The second-order valence-corrected chi connectivity index (χ2v) is 4.31. The first-order valence-corrected chi connectivity index (χ1v) is 5.71. The lowest BCUT2D eigenvalue weighted by Gasteiger charge is -2.12. The van der Waals surface area contributed by atoms with Crippen LogP contribution >= 0.6 is 0 Å². The number of nitrogens with one attached hydrogen (secondary N) is 1. The molecule has 0 unspecified atom stereocenters. The van der Waals surface area contributed by atoms with E-state index >= 15 is 0 Å². The second-order valence-electron chi connectivity index (χ2n) is 4.31. The molecule has 0 radical (unpaired) electrons. The fourth-order valence-corrected chi connectivity index (χ4v) is 1.94. The highest BCUT2D eigenvalue weighted by molar-refractivity contribution is 5.94. The predicted octanol–water partition coefficient (Wildman–Crippen LogP) is 2.04. The van der Waals surface area contributed by atoms with Gasteiger partial charge in [0, 0.05) is 12.2 Å². The Morgan fingerprint density at radius 2 is 2.31 bits per heavy atom. The summed E-state index contributed by atoms with van der Waals surface area (Å²) in [7, 11) is 0. The lowest BCUT2D eigenvalue weighted by Crippen LogP contribution is -2.19. The Bertz CT molecular complexity index is 418. The van der Waals surface area contributed by atoms with Crippen molar-refractivity contribution in [3.8, 4) is 0 Å². The van der Waals surface area contributed by atoms with E-state index < -0.39 is 0 Å². The molecule has 0 aromatic carbocycles. The van der Waals surface area contributed by atoms with Gasteiger partial charge >= 0.3 is 0 Å². The first-order valence-electron chi connectivity index (χ1n) is 5.71. The monoisotopic (exact) mass is 219 g/mol. The number of imidazole rings is 1. The van der Waals surface area contributed by atoms with Crippen LogP contribution in [0.25, 0.3) is 0 Å². The van der Waals surface area contributed by atoms with Crippen LogP contribution in [0.2, 0.25) is 0 Å². The van der Waals surface area contributed by atoms with E-state index in [-0.39, 0.29) is 5.91 Å². The van der Waals surface area contributed by atoms with Gasteiger partial charge in [0.2, 0.25) is 0 Å². The Hall–Kier alpha value is -1.58. The van der Waals surface area contributed by atoms with Gasteiger partial charge < -0.3 is 9.88 Å². The van der Waals surface area contributed by atoms with Crippen molar-refractivity contribution in [2.75, 3.05) is 0 Å². The van der Waals surface area contributed by atoms with Crippen LogP contribution in [0.1, 0.15) is 48.9 Å². The zero-order valence-corrected chi connectivity index (χ0v) is 9.73. The maximum atomic E-state index is 11.8. The number of aromatic nitrogens is 2. The summed E-state index contributed by atoms with van der Waals surface area (Å²) in [5.41, 5.74) is 1.62. The molecule has 1 aromatic rings. The highest BCUT2D eigenvalue weighted by Crippen LogP contribution is 2.17. The number of hydrogen-bond donors (Lipinski definition) is 1. The zero-order valence-electron chi connectivity index (χ0n) is 9.73. The normalized spacial score (nSPS) is 18.3. The minimum atomic E-state index is -0.104. The average Bonchev–Trinajstić information content (AvgIpc) is 2.67. The Morgan fingerprint density at radius 1 is 1.50 bits per heavy atom. The van der Waals surface area contributed by atoms with Crippen LogP contribution < -0.4 is 5.32 Å². The minimum absolute atomic E-state index is 0.104. The van der Waals surface area contributed by atoms with E-state index in [9.17, 15) is 4.79 Å². The fraction of sp³-hybridized carbons (Fsp3) is 0.500. The van der Waals surface area contributed by atoms with Gasteiger partial charge in [-0.1, -0.05) is 6.08 Å². The van der Waals surface area contributed by atoms with Crippen LogP contribution in [0.15, 0.2) is 18.6 Å². The van der Waals surface area contributed by atoms with Gasteiger partial charge in [0.05, 0.1) is 12.0 Å². The molecule has 4 heteroatoms. The SMILES string of the molecule is CC(C)n1cnc2c1CCC/C=C/NC2=O. The van der Waals surface area contributed by atoms with Crippen molar-refractivity contribution in [2.24, 2.45) is 0 Å². The van der Waals surface area contributed by atoms with Gasteiger partial charge in [0.15, 0.2) is 0 Å². The Labute approximate surface area is 95.4 Å². The van der Waals surface area contributed by atoms with Crippen molar-refractivity contribution in [1.29, 1.82) is 0 Å². The zero-order chi connectivity index (χ0) is 11.5. The summed E-state index contributed by atoms with van der Waals surface area (Å²) in [5, 5.41) is 2.74. The van der Waals surface area contributed by atoms with Gasteiger partial charge in [0.25, 0.3) is 5.91 Å². The summed E-state index contributed by atoms with van der Waals surface area (Å²) >= 11 is 0. The molecule has 0 bridgehead atoms. The van der Waals surface area contributed by atoms with Gasteiger partial charge in [-0.2, -0.15) is 0 Å². The highest BCUT2D eigenvalue weighted by atomic mass is 16.1. The van der Waals surface area contributed by atoms with Crippen molar-refractivity contribution in [3.05, 3.63) is 30.0 Å². The molecule has 0 atom stereocenters. The van der Waals surface area contributed by atoms with Gasteiger partial charge in [-0.3, -0.25) is 4.79 Å². The third-order valence-electron chi connectivity index (χ3n) is 2.78. The van der Waals surface area contributed by atoms with Crippen molar-refractivity contribution in [1.82, 2.24) is 14.9 Å². The molecule has 1 aromatic heterocycles. The summed E-state index contributed by atoms with van der Waals surface area (Å²) in [6.07, 6.45) is 8.42. The molecule has 1 aliphatic heterocycles. The number of rotatable bonds is 1. The summed E-state index contributed by atoms with van der Waals surface area (Å²) in [6, 6.07) is 0.345. The van der Waals surface area contributed by atoms with E-state index in [0.717, 1.165) is 25.0 Å². The lowest BCUT2D eigenvalue weighted by molar-refractivity contribution is 0.0964. The molecule has 1 aliphatic rings. The number of fused-ring (bicyclic) bond motifs is 1. The molecule has 0 saturated carbocycles. The topological polar surface area (TPSA) is 46.9 Å². The quantitative estimate of drug-likeness (QED) is 0.785. The van der Waals surface area contributed by atoms with Crippen molar-refractivity contribution < 1.29 is 4.79 Å². The smallest absolute Gasteiger partial charge is 0.275 e. The number of hydrogen-bond acceptors (Lipinski definition) is 2. The van der Waals surface area contributed by atoms with E-state index in [1.807, 2.05) is 6.08 Å². The lowest BCUT2D eigenvalue weighted by atomic mass is 10.1. The first kappa shape index (κ1) is 10.9. The Morgan fingerprint density at radius 3 is 3.06 bits per heavy atom. The standard InChI is InChI=1S/C12H17N3O/c1-9(2)15-8-14-11-10(15)6-4-3-5-7-13-12(11)16/h5,7-9H,3-4,6H2,1-2H3,(H,13,16)/b7-5+. The van der Waals surface area contributed by atoms with Crippen LogP contribution in [0.3, 0.4) is 0 Å². The third-order valence-corrected chi connectivity index (χ3v) is 2.78. The van der Waals surface area contributed by atoms with Gasteiger partial charge in [-0.15, -0.1) is 0 Å². The van der Waals surface area contributed by atoms with Gasteiger partial charge in [-0.25, -0.2) is 4.98 Å². The van der Waals surface area contributed by atoms with Crippen LogP contribution in [0.4, 0.5) is 0 Å². The van der Waals surface area contributed by atoms with Crippen molar-refractivity contribution >= 4 is 5.91 Å². The van der Waals surface area contributed by atoms with Crippen LogP contribution in [-0.2, 0) is 6.42 Å². The number of nitrogens with zero attached hydrogens (tertiary/aromatic N) is 2. The van der Waals surface area contributed by atoms with Crippen molar-refractivity contribution in [3.63, 3.8) is 0 Å². The molecule has 1 amide bonds. The molecule has 0 spiro atoms. The van der Waals surface area contributed by atoms with Crippen LogP contribution in [-0.4, -0.2) is 15.5 Å². The average molecular weight is 219 g/mol. The second kappa shape index (κ2) is 4.51. The minimum Gasteiger partial charge on any atom is -0.331 e. The molecule has 0 saturated heterocycles. The largest absolute Gasteiger partial charge is 0.331 e. The number of allylic oxidation sites excluding steroid dienone is 1. The molecule has 2 rings (SSSR count). The van der Waals surface area contributed by atoms with E-state index in [0.29, 0.717) is 11.7 Å². The predicted molar refractivity (Wildman–Crippen MR) is 62.2 cm³/mol. The number of carbonyl (C=O) groups excluding carboxylic acids is 1. The summed E-state index contributed by atoms with van der Waals surface area (Å²) in [4.78, 5) is 16.0. The molecule has 16 heavy (non-hydrogen) atoms. The summed E-state index contributed by atoms with van der Waals surface area (Å²) < 4.78 is 2.08. The van der Waals surface area contributed by atoms with E-state index in [1.165, 1.54) is 0 Å². The fourth-order valence-electron chi connectivity index (χ4n) is 1.94. The van der Waals surface area contributed by atoms with E-state index in [4.69, 9.17) is 0 Å². The maximum absolute atomic E-state index is 11.8. The highest BCUT2D eigenvalue weighted by Gasteiger charge is 2.18. The first-order chi connectivity index (χ1) is 7.70. The van der Waals surface area contributed by atoms with Crippen LogP contribution in [0.5, 0.6) is 0 Å². The molecule has 2 heterocycles. The van der Waals surface area contributed by atoms with Gasteiger partial charge in [0.1, 0.15) is 5.69 Å². The summed E-state index contributed by atoms with van der Waals surface area (Å²) in [6.45, 7) is 4.20. The maximum Gasteiger partial charge on any atom is 0.275 e. The molecule has 4 nitrogen and oxygen atoms in total. The molecule has 0 fully saturated rings. The molecular weight excluding hydrogens is 202 g/mol. The Kier molecular flexibility index (Phi) is 3.08. The van der Waals surface area contributed by atoms with Gasteiger partial charge in [-0.05, 0) is 33.1 Å². The third kappa shape index (κ3) is 2.01. The molecular formula is C12H17N3O. The number of amides is 1. The van der Waals surface area contributed by atoms with E-state index in [2.05, 4.69) is 28.7 Å². The van der Waals surface area contributed by atoms with Crippen molar-refractivity contribution in [2.45, 2.75) is 39.2 Å². The molecule has 86 valence electrons. The van der Waals surface area contributed by atoms with E-state index in [1.54, 1.807) is 12.5 Å². The Balaban J connectivity index is 2.39. The summed E-state index contributed by atoms with van der Waals surface area (Å²) in [5.74, 6) is -0.104. The van der Waals surface area contributed by atoms with Crippen LogP contribution in [0, 0.1) is 0 Å². The number of carbonyl (C=O) groups is 1. The molecule has 1 N–H and O–H groups in total.